The number of fused-ring (bicyclic) bond motifs is 1. The molecule has 1 saturated carbocycles. The second-order valence-corrected chi connectivity index (χ2v) is 10.9. The van der Waals surface area contributed by atoms with Crippen molar-refractivity contribution >= 4 is 61.1 Å². The minimum Gasteiger partial charge on any atom is -0.497 e. The number of nitro benzene ring substituents is 1. The van der Waals surface area contributed by atoms with Crippen LogP contribution in [0.1, 0.15) is 33.6 Å². The summed E-state index contributed by atoms with van der Waals surface area (Å²) in [5.74, 6) is -3.11. The van der Waals surface area contributed by atoms with Crippen molar-refractivity contribution < 1.29 is 28.8 Å². The number of amides is 3. The third-order valence-electron chi connectivity index (χ3n) is 6.39. The number of halogens is 2. The standard InChI is InChI=1S/C24H21Br2N3O7/c1-36-16-8-4-13(5-9-16)21(30)12-27(22(31)14-2-6-15(7-3-14)29(34)35)28-23(32)17-10-19(25)20(26)11-18(17)24(28)33/h2-9,17-20H,10-12H2,1H3/t17-,18+,19-,20-/m0/s1. The molecule has 0 aromatic heterocycles. The van der Waals surface area contributed by atoms with Crippen LogP contribution in [0.4, 0.5) is 5.69 Å². The van der Waals surface area contributed by atoms with Gasteiger partial charge in [-0.25, -0.2) is 5.01 Å². The van der Waals surface area contributed by atoms with Crippen LogP contribution in [-0.2, 0) is 9.59 Å². The van der Waals surface area contributed by atoms with Crippen molar-refractivity contribution in [1.82, 2.24) is 10.0 Å². The fraction of sp³-hybridized carbons (Fsp3) is 0.333. The third kappa shape index (κ3) is 4.92. The maximum atomic E-state index is 13.5. The molecule has 36 heavy (non-hydrogen) atoms. The van der Waals surface area contributed by atoms with Gasteiger partial charge in [0.2, 0.25) is 0 Å². The predicted molar refractivity (Wildman–Crippen MR) is 135 cm³/mol. The highest BCUT2D eigenvalue weighted by Gasteiger charge is 2.54. The molecule has 1 heterocycles. The highest BCUT2D eigenvalue weighted by molar-refractivity contribution is 9.12. The number of hydrogen-bond donors (Lipinski definition) is 0. The Bertz CT molecular complexity index is 1190. The van der Waals surface area contributed by atoms with E-state index in [1.807, 2.05) is 0 Å². The monoisotopic (exact) mass is 621 g/mol. The van der Waals surface area contributed by atoms with Crippen LogP contribution in [0.2, 0.25) is 0 Å². The summed E-state index contributed by atoms with van der Waals surface area (Å²) in [6.07, 6.45) is 0.793. The summed E-state index contributed by atoms with van der Waals surface area (Å²) in [6.45, 7) is -0.575. The van der Waals surface area contributed by atoms with E-state index in [0.717, 1.165) is 22.2 Å². The fourth-order valence-corrected chi connectivity index (χ4v) is 5.66. The summed E-state index contributed by atoms with van der Waals surface area (Å²) in [4.78, 5) is 63.8. The molecule has 0 radical (unpaired) electrons. The lowest BCUT2D eigenvalue weighted by Gasteiger charge is -2.30. The lowest BCUT2D eigenvalue weighted by Crippen LogP contribution is -2.52. The van der Waals surface area contributed by atoms with Crippen LogP contribution in [0.25, 0.3) is 0 Å². The lowest BCUT2D eigenvalue weighted by molar-refractivity contribution is -0.384. The number of hydrazine groups is 1. The van der Waals surface area contributed by atoms with Gasteiger partial charge in [0.05, 0.1) is 23.9 Å². The minimum absolute atomic E-state index is 0.00432. The largest absolute Gasteiger partial charge is 0.497 e. The normalized spacial score (nSPS) is 23.2. The molecule has 2 aliphatic rings. The van der Waals surface area contributed by atoms with Crippen molar-refractivity contribution in [2.45, 2.75) is 22.5 Å². The number of nitrogens with zero attached hydrogens (tertiary/aromatic N) is 3. The van der Waals surface area contributed by atoms with Gasteiger partial charge < -0.3 is 4.74 Å². The lowest BCUT2D eigenvalue weighted by atomic mass is 9.81. The molecule has 0 unspecified atom stereocenters. The molecule has 0 bridgehead atoms. The molecule has 3 amide bonds. The minimum atomic E-state index is -0.794. The molecule has 2 aromatic rings. The summed E-state index contributed by atoms with van der Waals surface area (Å²) in [6, 6.07) is 11.0. The highest BCUT2D eigenvalue weighted by atomic mass is 79.9. The number of rotatable bonds is 7. The Balaban J connectivity index is 1.68. The van der Waals surface area contributed by atoms with Gasteiger partial charge in [0.15, 0.2) is 5.78 Å². The highest BCUT2D eigenvalue weighted by Crippen LogP contribution is 2.43. The number of ether oxygens (including phenoxy) is 1. The molecule has 1 aliphatic carbocycles. The van der Waals surface area contributed by atoms with Gasteiger partial charge in [-0.15, -0.1) is 0 Å². The number of carbonyl (C=O) groups is 4. The van der Waals surface area contributed by atoms with Crippen LogP contribution < -0.4 is 4.74 Å². The van der Waals surface area contributed by atoms with Crippen molar-refractivity contribution in [3.05, 3.63) is 69.8 Å². The number of Topliss-reactive ketones (excluding diaryl/α,β-unsaturated/α-hetero) is 1. The van der Waals surface area contributed by atoms with E-state index in [1.165, 1.54) is 31.4 Å². The number of ketones is 1. The van der Waals surface area contributed by atoms with E-state index >= 15 is 0 Å². The SMILES string of the molecule is COc1ccc(C(=O)CN(C(=O)c2ccc([N+](=O)[O-])cc2)N2C(=O)[C@H]3C[C@H](Br)[C@@H](Br)C[C@H]3C2=O)cc1. The first-order chi connectivity index (χ1) is 17.1. The Morgan fingerprint density at radius 3 is 1.94 bits per heavy atom. The number of carbonyl (C=O) groups excluding carboxylic acids is 4. The van der Waals surface area contributed by atoms with Crippen LogP contribution >= 0.6 is 31.9 Å². The quantitative estimate of drug-likeness (QED) is 0.151. The smallest absolute Gasteiger partial charge is 0.273 e. The van der Waals surface area contributed by atoms with E-state index in [-0.39, 0.29) is 26.5 Å². The Kier molecular flexibility index (Phi) is 7.55. The molecule has 2 aromatic carbocycles. The van der Waals surface area contributed by atoms with Gasteiger partial charge in [-0.1, -0.05) is 31.9 Å². The van der Waals surface area contributed by atoms with Gasteiger partial charge in [0.25, 0.3) is 23.4 Å². The van der Waals surface area contributed by atoms with E-state index in [4.69, 9.17) is 4.74 Å². The second kappa shape index (κ2) is 10.5. The van der Waals surface area contributed by atoms with Gasteiger partial charge in [-0.05, 0) is 49.2 Å². The van der Waals surface area contributed by atoms with Crippen LogP contribution in [0.3, 0.4) is 0 Å². The summed E-state index contributed by atoms with van der Waals surface area (Å²) in [5.41, 5.74) is 0.0312. The Hall–Kier alpha value is -3.12. The molecule has 10 nitrogen and oxygen atoms in total. The zero-order valence-corrected chi connectivity index (χ0v) is 22.2. The molecule has 1 saturated heterocycles. The maximum absolute atomic E-state index is 13.5. The molecule has 0 spiro atoms. The first kappa shape index (κ1) is 26.0. The fourth-order valence-electron chi connectivity index (χ4n) is 4.43. The third-order valence-corrected chi connectivity index (χ3v) is 9.13. The van der Waals surface area contributed by atoms with Crippen LogP contribution in [-0.4, -0.2) is 61.8 Å². The molecule has 0 N–H and O–H groups in total. The summed E-state index contributed by atoms with van der Waals surface area (Å²) >= 11 is 7.06. The number of non-ortho nitro benzene ring substituents is 1. The number of imide groups is 1. The summed E-state index contributed by atoms with van der Waals surface area (Å²) in [5, 5.41) is 12.6. The maximum Gasteiger partial charge on any atom is 0.273 e. The zero-order chi connectivity index (χ0) is 26.1. The predicted octanol–water partition coefficient (Wildman–Crippen LogP) is 3.77. The molecule has 12 heteroatoms. The average Bonchev–Trinajstić information content (AvgIpc) is 3.11. The van der Waals surface area contributed by atoms with Crippen molar-refractivity contribution in [3.63, 3.8) is 0 Å². The average molecular weight is 623 g/mol. The Morgan fingerprint density at radius 2 is 1.47 bits per heavy atom. The van der Waals surface area contributed by atoms with Crippen LogP contribution in [0.15, 0.2) is 48.5 Å². The van der Waals surface area contributed by atoms with Crippen molar-refractivity contribution in [3.8, 4) is 5.75 Å². The molecule has 4 rings (SSSR count). The van der Waals surface area contributed by atoms with Gasteiger partial charge in [0, 0.05) is 32.9 Å². The number of alkyl halides is 2. The first-order valence-corrected chi connectivity index (χ1v) is 12.8. The van der Waals surface area contributed by atoms with Crippen LogP contribution in [0, 0.1) is 22.0 Å². The molecule has 4 atom stereocenters. The molecule has 2 fully saturated rings. The number of methoxy groups -OCH3 is 1. The number of nitro groups is 1. The van der Waals surface area contributed by atoms with Crippen molar-refractivity contribution in [1.29, 1.82) is 0 Å². The summed E-state index contributed by atoms with van der Waals surface area (Å²) < 4.78 is 5.10. The zero-order valence-electron chi connectivity index (χ0n) is 19.0. The van der Waals surface area contributed by atoms with Gasteiger partial charge in [-0.2, -0.15) is 5.01 Å². The van der Waals surface area contributed by atoms with Gasteiger partial charge >= 0.3 is 0 Å². The summed E-state index contributed by atoms with van der Waals surface area (Å²) in [7, 11) is 1.49. The van der Waals surface area contributed by atoms with E-state index < -0.39 is 46.8 Å². The Labute approximate surface area is 222 Å². The number of benzene rings is 2. The number of hydrogen-bond acceptors (Lipinski definition) is 7. The topological polar surface area (TPSA) is 127 Å². The van der Waals surface area contributed by atoms with Gasteiger partial charge in [0.1, 0.15) is 12.3 Å². The molecular weight excluding hydrogens is 602 g/mol. The van der Waals surface area contributed by atoms with E-state index in [9.17, 15) is 29.3 Å². The van der Waals surface area contributed by atoms with E-state index in [0.29, 0.717) is 18.6 Å². The van der Waals surface area contributed by atoms with E-state index in [2.05, 4.69) is 31.9 Å². The van der Waals surface area contributed by atoms with Gasteiger partial charge in [-0.3, -0.25) is 29.3 Å². The molecule has 188 valence electrons. The van der Waals surface area contributed by atoms with Crippen molar-refractivity contribution in [2.24, 2.45) is 11.8 Å². The van der Waals surface area contributed by atoms with Crippen LogP contribution in [0.5, 0.6) is 5.75 Å². The second-order valence-electron chi connectivity index (χ2n) is 8.52. The Morgan fingerprint density at radius 1 is 0.972 bits per heavy atom. The first-order valence-electron chi connectivity index (χ1n) is 11.0. The van der Waals surface area contributed by atoms with E-state index in [1.54, 1.807) is 12.1 Å². The molecular formula is C24H21Br2N3O7. The molecule has 1 aliphatic heterocycles. The van der Waals surface area contributed by atoms with Crippen molar-refractivity contribution in [2.75, 3.05) is 13.7 Å².